The molecule has 3 aromatic carbocycles. The van der Waals surface area contributed by atoms with Gasteiger partial charge in [0.05, 0.1) is 11.9 Å². The molecule has 0 bridgehead atoms. The smallest absolute Gasteiger partial charge is 0.243 e. The second kappa shape index (κ2) is 14.8. The van der Waals surface area contributed by atoms with Crippen LogP contribution in [0, 0.1) is 5.82 Å². The van der Waals surface area contributed by atoms with Crippen LogP contribution in [0.3, 0.4) is 0 Å². The van der Waals surface area contributed by atoms with Gasteiger partial charge >= 0.3 is 0 Å². The molecule has 0 heterocycles. The van der Waals surface area contributed by atoms with Gasteiger partial charge in [-0.1, -0.05) is 73.1 Å². The predicted octanol–water partition coefficient (Wildman–Crippen LogP) is 5.19. The highest BCUT2D eigenvalue weighted by Gasteiger charge is 2.31. The SMILES string of the molecule is CCCNC(=O)C(Cc1ccccc1)N(Cc1ccccc1F)C(=O)CCCN(c1cccc(Cl)c1)S(C)(=O)=O. The van der Waals surface area contributed by atoms with E-state index in [2.05, 4.69) is 5.32 Å². The van der Waals surface area contributed by atoms with E-state index in [9.17, 15) is 22.4 Å². The average molecular weight is 588 g/mol. The number of carbonyl (C=O) groups is 2. The van der Waals surface area contributed by atoms with Crippen LogP contribution in [0.4, 0.5) is 10.1 Å². The summed E-state index contributed by atoms with van der Waals surface area (Å²) in [6, 6.07) is 21.1. The van der Waals surface area contributed by atoms with E-state index in [1.165, 1.54) is 15.3 Å². The summed E-state index contributed by atoms with van der Waals surface area (Å²) >= 11 is 6.07. The molecule has 0 saturated carbocycles. The van der Waals surface area contributed by atoms with Gasteiger partial charge in [-0.15, -0.1) is 0 Å². The summed E-state index contributed by atoms with van der Waals surface area (Å²) in [7, 11) is -3.65. The molecular weight excluding hydrogens is 553 g/mol. The van der Waals surface area contributed by atoms with E-state index in [-0.39, 0.29) is 49.7 Å². The zero-order chi connectivity index (χ0) is 29.1. The average Bonchev–Trinajstić information content (AvgIpc) is 2.92. The van der Waals surface area contributed by atoms with Gasteiger partial charge in [-0.25, -0.2) is 12.8 Å². The highest BCUT2D eigenvalue weighted by molar-refractivity contribution is 7.92. The van der Waals surface area contributed by atoms with Crippen molar-refractivity contribution in [2.24, 2.45) is 0 Å². The van der Waals surface area contributed by atoms with Crippen LogP contribution in [0.1, 0.15) is 37.3 Å². The Morgan fingerprint density at radius 3 is 2.35 bits per heavy atom. The van der Waals surface area contributed by atoms with Crippen LogP contribution in [-0.2, 0) is 32.6 Å². The second-order valence-electron chi connectivity index (χ2n) is 9.53. The Morgan fingerprint density at radius 1 is 1.00 bits per heavy atom. The summed E-state index contributed by atoms with van der Waals surface area (Å²) in [5.41, 5.74) is 1.54. The van der Waals surface area contributed by atoms with E-state index in [4.69, 9.17) is 11.6 Å². The molecule has 0 saturated heterocycles. The fourth-order valence-electron chi connectivity index (χ4n) is 4.37. The lowest BCUT2D eigenvalue weighted by molar-refractivity contribution is -0.141. The minimum Gasteiger partial charge on any atom is -0.354 e. The van der Waals surface area contributed by atoms with Crippen molar-refractivity contribution >= 4 is 39.1 Å². The Bertz CT molecular complexity index is 1390. The molecule has 0 aliphatic rings. The maximum Gasteiger partial charge on any atom is 0.243 e. The van der Waals surface area contributed by atoms with Gasteiger partial charge in [-0.3, -0.25) is 13.9 Å². The lowest BCUT2D eigenvalue weighted by atomic mass is 10.0. The van der Waals surface area contributed by atoms with Crippen LogP contribution in [0.25, 0.3) is 0 Å². The molecule has 0 spiro atoms. The van der Waals surface area contributed by atoms with E-state index in [1.54, 1.807) is 42.5 Å². The molecular formula is C30H35ClFN3O4S. The maximum absolute atomic E-state index is 14.7. The molecule has 40 heavy (non-hydrogen) atoms. The number of carbonyl (C=O) groups excluding carboxylic acids is 2. The fourth-order valence-corrected chi connectivity index (χ4v) is 5.51. The fraction of sp³-hybridized carbons (Fsp3) is 0.333. The molecule has 214 valence electrons. The van der Waals surface area contributed by atoms with Crippen LogP contribution in [-0.4, -0.2) is 50.5 Å². The molecule has 1 unspecified atom stereocenters. The van der Waals surface area contributed by atoms with E-state index in [1.807, 2.05) is 37.3 Å². The first kappa shape index (κ1) is 31.1. The third-order valence-corrected chi connectivity index (χ3v) is 7.80. The normalized spacial score (nSPS) is 12.0. The van der Waals surface area contributed by atoms with Crippen molar-refractivity contribution in [2.45, 2.75) is 45.2 Å². The van der Waals surface area contributed by atoms with Gasteiger partial charge in [0.2, 0.25) is 21.8 Å². The highest BCUT2D eigenvalue weighted by atomic mass is 35.5. The first-order valence-electron chi connectivity index (χ1n) is 13.2. The van der Waals surface area contributed by atoms with E-state index in [0.717, 1.165) is 18.2 Å². The Hall–Kier alpha value is -3.43. The molecule has 3 rings (SSSR count). The summed E-state index contributed by atoms with van der Waals surface area (Å²) in [4.78, 5) is 28.5. The van der Waals surface area contributed by atoms with Crippen molar-refractivity contribution in [1.82, 2.24) is 10.2 Å². The number of benzene rings is 3. The molecule has 3 aromatic rings. The van der Waals surface area contributed by atoms with Gasteiger partial charge in [0.15, 0.2) is 0 Å². The summed E-state index contributed by atoms with van der Waals surface area (Å²) in [5, 5.41) is 3.27. The molecule has 0 radical (unpaired) electrons. The van der Waals surface area contributed by atoms with Crippen molar-refractivity contribution in [3.05, 3.63) is 101 Å². The largest absolute Gasteiger partial charge is 0.354 e. The predicted molar refractivity (Wildman–Crippen MR) is 157 cm³/mol. The van der Waals surface area contributed by atoms with E-state index in [0.29, 0.717) is 17.3 Å². The number of anilines is 1. The van der Waals surface area contributed by atoms with Gasteiger partial charge < -0.3 is 10.2 Å². The van der Waals surface area contributed by atoms with E-state index >= 15 is 0 Å². The van der Waals surface area contributed by atoms with Crippen LogP contribution in [0.15, 0.2) is 78.9 Å². The summed E-state index contributed by atoms with van der Waals surface area (Å²) in [6.45, 7) is 2.30. The van der Waals surface area contributed by atoms with Crippen LogP contribution >= 0.6 is 11.6 Å². The third kappa shape index (κ3) is 9.06. The van der Waals surface area contributed by atoms with Crippen LogP contribution in [0.5, 0.6) is 0 Å². The number of hydrogen-bond donors (Lipinski definition) is 1. The lowest BCUT2D eigenvalue weighted by Gasteiger charge is -2.32. The van der Waals surface area contributed by atoms with Crippen molar-refractivity contribution in [3.8, 4) is 0 Å². The Morgan fingerprint density at radius 2 is 1.70 bits per heavy atom. The lowest BCUT2D eigenvalue weighted by Crippen LogP contribution is -2.50. The molecule has 0 aliphatic heterocycles. The highest BCUT2D eigenvalue weighted by Crippen LogP contribution is 2.23. The molecule has 10 heteroatoms. The Labute approximate surface area is 241 Å². The van der Waals surface area contributed by atoms with Gasteiger partial charge in [-0.2, -0.15) is 0 Å². The van der Waals surface area contributed by atoms with Crippen molar-refractivity contribution < 1.29 is 22.4 Å². The van der Waals surface area contributed by atoms with Crippen molar-refractivity contribution in [2.75, 3.05) is 23.7 Å². The molecule has 0 aromatic heterocycles. The number of nitrogens with zero attached hydrogens (tertiary/aromatic N) is 2. The van der Waals surface area contributed by atoms with Crippen LogP contribution < -0.4 is 9.62 Å². The molecule has 1 atom stereocenters. The molecule has 7 nitrogen and oxygen atoms in total. The van der Waals surface area contributed by atoms with Gasteiger partial charge in [0.1, 0.15) is 11.9 Å². The molecule has 0 fully saturated rings. The topological polar surface area (TPSA) is 86.8 Å². The summed E-state index contributed by atoms with van der Waals surface area (Å²) in [5.74, 6) is -1.18. The third-order valence-electron chi connectivity index (χ3n) is 6.37. The Balaban J connectivity index is 1.88. The maximum atomic E-state index is 14.7. The number of nitrogens with one attached hydrogen (secondary N) is 1. The quantitative estimate of drug-likeness (QED) is 0.281. The minimum atomic E-state index is -3.65. The van der Waals surface area contributed by atoms with Gasteiger partial charge in [0, 0.05) is 43.1 Å². The summed E-state index contributed by atoms with van der Waals surface area (Å²) in [6.07, 6.45) is 2.19. The first-order chi connectivity index (χ1) is 19.1. The van der Waals surface area contributed by atoms with E-state index < -0.39 is 21.9 Å². The standard InChI is InChI=1S/C30H35ClFN3O4S/c1-3-18-33-30(37)28(20-23-11-5-4-6-12-23)34(22-24-13-7-8-16-27(24)32)29(36)17-10-19-35(40(2,38)39)26-15-9-14-25(31)21-26/h4-9,11-16,21,28H,3,10,17-20,22H2,1-2H3,(H,33,37). The monoisotopic (exact) mass is 587 g/mol. The van der Waals surface area contributed by atoms with Gasteiger partial charge in [0.25, 0.3) is 0 Å². The van der Waals surface area contributed by atoms with Crippen molar-refractivity contribution in [1.29, 1.82) is 0 Å². The second-order valence-corrected chi connectivity index (χ2v) is 11.9. The minimum absolute atomic E-state index is 0.0316. The number of sulfonamides is 1. The number of halogens is 2. The first-order valence-corrected chi connectivity index (χ1v) is 15.4. The van der Waals surface area contributed by atoms with Crippen molar-refractivity contribution in [3.63, 3.8) is 0 Å². The number of rotatable bonds is 14. The molecule has 2 amide bonds. The van der Waals surface area contributed by atoms with Gasteiger partial charge in [-0.05, 0) is 42.7 Å². The molecule has 0 aliphatic carbocycles. The number of amides is 2. The molecule has 1 N–H and O–H groups in total. The Kier molecular flexibility index (Phi) is 11.5. The number of hydrogen-bond acceptors (Lipinski definition) is 4. The summed E-state index contributed by atoms with van der Waals surface area (Å²) < 4.78 is 40.9. The zero-order valence-corrected chi connectivity index (χ0v) is 24.3. The van der Waals surface area contributed by atoms with Crippen LogP contribution in [0.2, 0.25) is 5.02 Å². The zero-order valence-electron chi connectivity index (χ0n) is 22.7.